The SMILES string of the molecule is CCN(CC(=O)O)S(=O)(=O)c1cc(F)ccc1OC. The number of carboxylic acids is 1. The highest BCUT2D eigenvalue weighted by Crippen LogP contribution is 2.27. The monoisotopic (exact) mass is 291 g/mol. The Morgan fingerprint density at radius 3 is 2.58 bits per heavy atom. The topological polar surface area (TPSA) is 83.9 Å². The Labute approximate surface area is 110 Å². The molecule has 0 unspecified atom stereocenters. The van der Waals surface area contributed by atoms with Gasteiger partial charge in [-0.05, 0) is 18.2 Å². The van der Waals surface area contributed by atoms with E-state index < -0.39 is 33.3 Å². The van der Waals surface area contributed by atoms with Crippen molar-refractivity contribution in [1.82, 2.24) is 4.31 Å². The molecule has 0 amide bonds. The number of carbonyl (C=O) groups is 1. The molecule has 1 rings (SSSR count). The third kappa shape index (κ3) is 3.42. The maximum atomic E-state index is 13.2. The van der Waals surface area contributed by atoms with Crippen molar-refractivity contribution in [2.45, 2.75) is 11.8 Å². The molecule has 6 nitrogen and oxygen atoms in total. The summed E-state index contributed by atoms with van der Waals surface area (Å²) in [5.41, 5.74) is 0. The second-order valence-corrected chi connectivity index (χ2v) is 5.53. The molecular weight excluding hydrogens is 277 g/mol. The minimum absolute atomic E-state index is 0.0368. The van der Waals surface area contributed by atoms with E-state index in [1.54, 1.807) is 0 Å². The molecule has 1 aromatic rings. The van der Waals surface area contributed by atoms with Gasteiger partial charge in [0.15, 0.2) is 0 Å². The van der Waals surface area contributed by atoms with Crippen molar-refractivity contribution in [2.75, 3.05) is 20.2 Å². The molecule has 0 aliphatic rings. The Balaban J connectivity index is 3.32. The van der Waals surface area contributed by atoms with E-state index in [9.17, 15) is 17.6 Å². The van der Waals surface area contributed by atoms with Gasteiger partial charge in [0.1, 0.15) is 23.0 Å². The fourth-order valence-corrected chi connectivity index (χ4v) is 3.07. The number of aliphatic carboxylic acids is 1. The van der Waals surface area contributed by atoms with E-state index in [2.05, 4.69) is 0 Å². The number of nitrogens with zero attached hydrogens (tertiary/aromatic N) is 1. The standard InChI is InChI=1S/C11H14FNO5S/c1-3-13(7-11(14)15)19(16,17)10-6-8(12)4-5-9(10)18-2/h4-6H,3,7H2,1-2H3,(H,14,15). The van der Waals surface area contributed by atoms with Crippen molar-refractivity contribution in [3.63, 3.8) is 0 Å². The lowest BCUT2D eigenvalue weighted by atomic mass is 10.3. The molecule has 106 valence electrons. The van der Waals surface area contributed by atoms with Crippen molar-refractivity contribution in [3.05, 3.63) is 24.0 Å². The van der Waals surface area contributed by atoms with Gasteiger partial charge in [-0.15, -0.1) is 0 Å². The molecule has 1 aromatic carbocycles. The predicted molar refractivity (Wildman–Crippen MR) is 65.0 cm³/mol. The predicted octanol–water partition coefficient (Wildman–Crippen LogP) is 0.929. The first-order valence-electron chi connectivity index (χ1n) is 5.38. The largest absolute Gasteiger partial charge is 0.495 e. The number of methoxy groups -OCH3 is 1. The Morgan fingerprint density at radius 1 is 1.47 bits per heavy atom. The van der Waals surface area contributed by atoms with Gasteiger partial charge >= 0.3 is 5.97 Å². The normalized spacial score (nSPS) is 11.6. The molecule has 0 atom stereocenters. The van der Waals surface area contributed by atoms with Crippen molar-refractivity contribution >= 4 is 16.0 Å². The van der Waals surface area contributed by atoms with Crippen LogP contribution in [0.5, 0.6) is 5.75 Å². The summed E-state index contributed by atoms with van der Waals surface area (Å²) in [5, 5.41) is 8.69. The summed E-state index contributed by atoms with van der Waals surface area (Å²) >= 11 is 0. The minimum Gasteiger partial charge on any atom is -0.495 e. The zero-order valence-electron chi connectivity index (χ0n) is 10.5. The van der Waals surface area contributed by atoms with Gasteiger partial charge in [-0.3, -0.25) is 4.79 Å². The van der Waals surface area contributed by atoms with Crippen LogP contribution in [0.25, 0.3) is 0 Å². The Bertz CT molecular complexity index is 572. The number of halogens is 1. The molecule has 0 aromatic heterocycles. The average molecular weight is 291 g/mol. The van der Waals surface area contributed by atoms with Crippen LogP contribution in [0.4, 0.5) is 4.39 Å². The van der Waals surface area contributed by atoms with Crippen LogP contribution in [0.15, 0.2) is 23.1 Å². The summed E-state index contributed by atoms with van der Waals surface area (Å²) < 4.78 is 43.3. The van der Waals surface area contributed by atoms with Crippen LogP contribution in [0.2, 0.25) is 0 Å². The van der Waals surface area contributed by atoms with Crippen LogP contribution in [0.3, 0.4) is 0 Å². The van der Waals surface area contributed by atoms with Crippen LogP contribution in [-0.4, -0.2) is 44.0 Å². The third-order valence-electron chi connectivity index (χ3n) is 2.41. The molecule has 8 heteroatoms. The molecule has 1 N–H and O–H groups in total. The summed E-state index contributed by atoms with van der Waals surface area (Å²) in [6.07, 6.45) is 0. The van der Waals surface area contributed by atoms with E-state index >= 15 is 0 Å². The fourth-order valence-electron chi connectivity index (χ4n) is 1.51. The Hall–Kier alpha value is -1.67. The number of ether oxygens (including phenoxy) is 1. The van der Waals surface area contributed by atoms with Crippen LogP contribution in [-0.2, 0) is 14.8 Å². The smallest absolute Gasteiger partial charge is 0.318 e. The minimum atomic E-state index is -4.12. The van der Waals surface area contributed by atoms with Gasteiger partial charge < -0.3 is 9.84 Å². The number of carboxylic acid groups (broad SMARTS) is 1. The molecular formula is C11H14FNO5S. The van der Waals surface area contributed by atoms with Crippen molar-refractivity contribution in [2.24, 2.45) is 0 Å². The van der Waals surface area contributed by atoms with Crippen LogP contribution in [0.1, 0.15) is 6.92 Å². The highest BCUT2D eigenvalue weighted by Gasteiger charge is 2.28. The van der Waals surface area contributed by atoms with Crippen LogP contribution in [0, 0.1) is 5.82 Å². The van der Waals surface area contributed by atoms with Gasteiger partial charge in [-0.25, -0.2) is 12.8 Å². The summed E-state index contributed by atoms with van der Waals surface area (Å²) in [7, 11) is -2.87. The molecule has 0 heterocycles. The van der Waals surface area contributed by atoms with Gasteiger partial charge in [0.25, 0.3) is 0 Å². The van der Waals surface area contributed by atoms with Crippen molar-refractivity contribution in [3.8, 4) is 5.75 Å². The number of hydrogen-bond acceptors (Lipinski definition) is 4. The summed E-state index contributed by atoms with van der Waals surface area (Å²) in [4.78, 5) is 10.3. The molecule has 0 spiro atoms. The second-order valence-electron chi connectivity index (χ2n) is 3.62. The highest BCUT2D eigenvalue weighted by molar-refractivity contribution is 7.89. The Morgan fingerprint density at radius 2 is 2.11 bits per heavy atom. The van der Waals surface area contributed by atoms with Gasteiger partial charge in [0.2, 0.25) is 10.0 Å². The van der Waals surface area contributed by atoms with E-state index in [4.69, 9.17) is 9.84 Å². The first-order valence-corrected chi connectivity index (χ1v) is 6.82. The van der Waals surface area contributed by atoms with Gasteiger partial charge in [0, 0.05) is 6.54 Å². The van der Waals surface area contributed by atoms with Gasteiger partial charge in [0.05, 0.1) is 7.11 Å². The van der Waals surface area contributed by atoms with Gasteiger partial charge in [-0.2, -0.15) is 4.31 Å². The number of likely N-dealkylation sites (N-methyl/N-ethyl adjacent to an activating group) is 1. The zero-order chi connectivity index (χ0) is 14.6. The summed E-state index contributed by atoms with van der Waals surface area (Å²) in [5.74, 6) is -2.07. The van der Waals surface area contributed by atoms with E-state index in [0.29, 0.717) is 0 Å². The van der Waals surface area contributed by atoms with Crippen LogP contribution < -0.4 is 4.74 Å². The number of benzene rings is 1. The maximum Gasteiger partial charge on any atom is 0.318 e. The molecule has 0 saturated heterocycles. The maximum absolute atomic E-state index is 13.2. The van der Waals surface area contributed by atoms with E-state index in [1.807, 2.05) is 0 Å². The molecule has 0 bridgehead atoms. The zero-order valence-corrected chi connectivity index (χ0v) is 11.3. The quantitative estimate of drug-likeness (QED) is 0.843. The van der Waals surface area contributed by atoms with Crippen molar-refractivity contribution in [1.29, 1.82) is 0 Å². The second kappa shape index (κ2) is 5.98. The van der Waals surface area contributed by atoms with Crippen LogP contribution >= 0.6 is 0 Å². The van der Waals surface area contributed by atoms with Crippen molar-refractivity contribution < 1.29 is 27.4 Å². The molecule has 0 fully saturated rings. The van der Waals surface area contributed by atoms with Gasteiger partial charge in [-0.1, -0.05) is 6.92 Å². The lowest BCUT2D eigenvalue weighted by Crippen LogP contribution is -2.35. The molecule has 19 heavy (non-hydrogen) atoms. The van der Waals surface area contributed by atoms with E-state index in [1.165, 1.54) is 20.1 Å². The molecule has 0 aliphatic heterocycles. The molecule has 0 saturated carbocycles. The summed E-state index contributed by atoms with van der Waals surface area (Å²) in [6, 6.07) is 3.04. The number of sulfonamides is 1. The number of rotatable bonds is 6. The molecule has 0 radical (unpaired) electrons. The lowest BCUT2D eigenvalue weighted by molar-refractivity contribution is -0.137. The Kier molecular flexibility index (Phi) is 4.84. The van der Waals surface area contributed by atoms with E-state index in [0.717, 1.165) is 16.4 Å². The molecule has 0 aliphatic carbocycles. The summed E-state index contributed by atoms with van der Waals surface area (Å²) in [6.45, 7) is 0.749. The van der Waals surface area contributed by atoms with E-state index in [-0.39, 0.29) is 12.3 Å². The highest BCUT2D eigenvalue weighted by atomic mass is 32.2. The lowest BCUT2D eigenvalue weighted by Gasteiger charge is -2.19. The number of hydrogen-bond donors (Lipinski definition) is 1. The fraction of sp³-hybridized carbons (Fsp3) is 0.364. The third-order valence-corrected chi connectivity index (χ3v) is 4.35. The first kappa shape index (κ1) is 15.4. The first-order chi connectivity index (χ1) is 8.82. The average Bonchev–Trinajstić information content (AvgIpc) is 2.35.